The third kappa shape index (κ3) is 4.49. The van der Waals surface area contributed by atoms with Crippen molar-refractivity contribution in [2.75, 3.05) is 13.3 Å². The van der Waals surface area contributed by atoms with Crippen LogP contribution < -0.4 is 14.8 Å². The lowest BCUT2D eigenvalue weighted by molar-refractivity contribution is -0.121. The molecular formula is C21H21N3O4. The van der Waals surface area contributed by atoms with Gasteiger partial charge in [-0.3, -0.25) is 4.79 Å². The summed E-state index contributed by atoms with van der Waals surface area (Å²) < 4.78 is 15.9. The molecule has 1 amide bonds. The van der Waals surface area contributed by atoms with Crippen LogP contribution in [-0.2, 0) is 17.6 Å². The molecule has 7 nitrogen and oxygen atoms in total. The van der Waals surface area contributed by atoms with Gasteiger partial charge in [-0.1, -0.05) is 41.6 Å². The number of hydrogen-bond donors (Lipinski definition) is 1. The lowest BCUT2D eigenvalue weighted by Gasteiger charge is -2.05. The highest BCUT2D eigenvalue weighted by molar-refractivity contribution is 5.76. The lowest BCUT2D eigenvalue weighted by atomic mass is 10.1. The molecule has 0 unspecified atom stereocenters. The van der Waals surface area contributed by atoms with E-state index in [2.05, 4.69) is 15.5 Å². The highest BCUT2D eigenvalue weighted by Gasteiger charge is 2.13. The molecule has 1 aromatic heterocycles. The van der Waals surface area contributed by atoms with Gasteiger partial charge >= 0.3 is 0 Å². The summed E-state index contributed by atoms with van der Waals surface area (Å²) in [6.45, 7) is 0.829. The van der Waals surface area contributed by atoms with Gasteiger partial charge in [-0.2, -0.15) is 4.98 Å². The van der Waals surface area contributed by atoms with E-state index in [9.17, 15) is 4.79 Å². The Kier molecular flexibility index (Phi) is 5.51. The fourth-order valence-electron chi connectivity index (χ4n) is 2.97. The molecule has 28 heavy (non-hydrogen) atoms. The average Bonchev–Trinajstić information content (AvgIpc) is 3.39. The van der Waals surface area contributed by atoms with E-state index >= 15 is 0 Å². The first-order chi connectivity index (χ1) is 13.8. The molecule has 0 fully saturated rings. The van der Waals surface area contributed by atoms with Crippen LogP contribution in [0.1, 0.15) is 24.3 Å². The number of ether oxygens (including phenoxy) is 2. The van der Waals surface area contributed by atoms with E-state index in [1.807, 2.05) is 48.5 Å². The molecule has 144 valence electrons. The largest absolute Gasteiger partial charge is 0.454 e. The van der Waals surface area contributed by atoms with Crippen molar-refractivity contribution >= 4 is 5.91 Å². The summed E-state index contributed by atoms with van der Waals surface area (Å²) in [6.07, 6.45) is 2.46. The van der Waals surface area contributed by atoms with Crippen molar-refractivity contribution in [3.05, 3.63) is 60.0 Å². The van der Waals surface area contributed by atoms with Crippen molar-refractivity contribution < 1.29 is 18.8 Å². The third-order valence-corrected chi connectivity index (χ3v) is 4.47. The summed E-state index contributed by atoms with van der Waals surface area (Å²) >= 11 is 0. The second-order valence-electron chi connectivity index (χ2n) is 6.52. The van der Waals surface area contributed by atoms with Gasteiger partial charge in [0.25, 0.3) is 0 Å². The minimum absolute atomic E-state index is 0.0215. The number of carbonyl (C=O) groups is 1. The molecule has 0 radical (unpaired) electrons. The number of benzene rings is 2. The van der Waals surface area contributed by atoms with Gasteiger partial charge in [0.15, 0.2) is 11.5 Å². The molecule has 0 saturated carbocycles. The van der Waals surface area contributed by atoms with Gasteiger partial charge in [0, 0.05) is 24.9 Å². The summed E-state index contributed by atoms with van der Waals surface area (Å²) in [5.74, 6) is 2.68. The topological polar surface area (TPSA) is 86.5 Å². The van der Waals surface area contributed by atoms with Gasteiger partial charge in [0.1, 0.15) is 0 Å². The second kappa shape index (κ2) is 8.56. The third-order valence-electron chi connectivity index (χ3n) is 4.47. The Bertz CT molecular complexity index is 940. The number of rotatable bonds is 8. The summed E-state index contributed by atoms with van der Waals surface area (Å²) in [4.78, 5) is 16.4. The number of nitrogens with one attached hydrogen (secondary N) is 1. The van der Waals surface area contributed by atoms with Crippen LogP contribution >= 0.6 is 0 Å². The maximum atomic E-state index is 12.0. The van der Waals surface area contributed by atoms with Gasteiger partial charge in [-0.05, 0) is 30.5 Å². The van der Waals surface area contributed by atoms with Crippen LogP contribution in [0, 0.1) is 0 Å². The van der Waals surface area contributed by atoms with Gasteiger partial charge in [-0.25, -0.2) is 0 Å². The van der Waals surface area contributed by atoms with Crippen LogP contribution in [-0.4, -0.2) is 29.4 Å². The number of carbonyl (C=O) groups excluding carboxylic acids is 1. The SMILES string of the molecule is O=C(CCc1ccc2c(c1)OCO2)NCCCc1nc(-c2ccccc2)no1. The van der Waals surface area contributed by atoms with Crippen molar-refractivity contribution in [1.82, 2.24) is 15.5 Å². The van der Waals surface area contributed by atoms with E-state index in [0.717, 1.165) is 29.0 Å². The first-order valence-electron chi connectivity index (χ1n) is 9.31. The molecule has 0 saturated heterocycles. The van der Waals surface area contributed by atoms with Gasteiger partial charge < -0.3 is 19.3 Å². The molecule has 0 bridgehead atoms. The van der Waals surface area contributed by atoms with Crippen LogP contribution in [0.5, 0.6) is 11.5 Å². The number of fused-ring (bicyclic) bond motifs is 1. The van der Waals surface area contributed by atoms with Crippen LogP contribution in [0.3, 0.4) is 0 Å². The predicted molar refractivity (Wildman–Crippen MR) is 102 cm³/mol. The number of aryl methyl sites for hydroxylation is 2. The predicted octanol–water partition coefficient (Wildman–Crippen LogP) is 3.15. The maximum absolute atomic E-state index is 12.0. The van der Waals surface area contributed by atoms with E-state index in [1.54, 1.807) is 0 Å². The summed E-state index contributed by atoms with van der Waals surface area (Å²) in [5.41, 5.74) is 1.98. The van der Waals surface area contributed by atoms with Crippen LogP contribution in [0.15, 0.2) is 53.1 Å². The molecule has 0 aliphatic carbocycles. The molecule has 2 aromatic carbocycles. The van der Waals surface area contributed by atoms with E-state index in [4.69, 9.17) is 14.0 Å². The van der Waals surface area contributed by atoms with E-state index in [1.165, 1.54) is 0 Å². The highest BCUT2D eigenvalue weighted by Crippen LogP contribution is 2.32. The van der Waals surface area contributed by atoms with Crippen molar-refractivity contribution in [2.45, 2.75) is 25.7 Å². The zero-order chi connectivity index (χ0) is 19.2. The van der Waals surface area contributed by atoms with Gasteiger partial charge in [0.2, 0.25) is 24.4 Å². The summed E-state index contributed by atoms with van der Waals surface area (Å²) in [5, 5.41) is 6.92. The Balaban J connectivity index is 1.16. The minimum atomic E-state index is 0.0215. The maximum Gasteiger partial charge on any atom is 0.231 e. The minimum Gasteiger partial charge on any atom is -0.454 e. The Morgan fingerprint density at radius 1 is 1.04 bits per heavy atom. The lowest BCUT2D eigenvalue weighted by Crippen LogP contribution is -2.25. The quantitative estimate of drug-likeness (QED) is 0.605. The molecule has 4 rings (SSSR count). The Morgan fingerprint density at radius 3 is 2.79 bits per heavy atom. The number of aromatic nitrogens is 2. The van der Waals surface area contributed by atoms with E-state index in [-0.39, 0.29) is 12.7 Å². The van der Waals surface area contributed by atoms with Gasteiger partial charge in [0.05, 0.1) is 0 Å². The van der Waals surface area contributed by atoms with Crippen LogP contribution in [0.2, 0.25) is 0 Å². The molecule has 7 heteroatoms. The van der Waals surface area contributed by atoms with Crippen molar-refractivity contribution in [3.63, 3.8) is 0 Å². The van der Waals surface area contributed by atoms with Crippen LogP contribution in [0.4, 0.5) is 0 Å². The fourth-order valence-corrected chi connectivity index (χ4v) is 2.97. The summed E-state index contributed by atoms with van der Waals surface area (Å²) in [6, 6.07) is 15.5. The Hall–Kier alpha value is -3.35. The zero-order valence-electron chi connectivity index (χ0n) is 15.4. The van der Waals surface area contributed by atoms with E-state index < -0.39 is 0 Å². The second-order valence-corrected chi connectivity index (χ2v) is 6.52. The molecule has 3 aromatic rings. The zero-order valence-corrected chi connectivity index (χ0v) is 15.4. The molecule has 2 heterocycles. The molecular weight excluding hydrogens is 358 g/mol. The number of hydrogen-bond acceptors (Lipinski definition) is 6. The Labute approximate surface area is 162 Å². The monoisotopic (exact) mass is 379 g/mol. The first-order valence-corrected chi connectivity index (χ1v) is 9.31. The molecule has 0 spiro atoms. The molecule has 1 aliphatic rings. The van der Waals surface area contributed by atoms with E-state index in [0.29, 0.717) is 37.5 Å². The average molecular weight is 379 g/mol. The highest BCUT2D eigenvalue weighted by atomic mass is 16.7. The van der Waals surface area contributed by atoms with Crippen molar-refractivity contribution in [3.8, 4) is 22.9 Å². The van der Waals surface area contributed by atoms with Crippen LogP contribution in [0.25, 0.3) is 11.4 Å². The van der Waals surface area contributed by atoms with Gasteiger partial charge in [-0.15, -0.1) is 0 Å². The number of nitrogens with zero attached hydrogens (tertiary/aromatic N) is 2. The smallest absolute Gasteiger partial charge is 0.231 e. The Morgan fingerprint density at radius 2 is 1.89 bits per heavy atom. The van der Waals surface area contributed by atoms with Crippen molar-refractivity contribution in [1.29, 1.82) is 0 Å². The first kappa shape index (κ1) is 18.0. The number of amides is 1. The molecule has 1 N–H and O–H groups in total. The normalized spacial score (nSPS) is 12.1. The standard InChI is InChI=1S/C21H21N3O4/c25-19(11-9-15-8-10-17-18(13-15)27-14-26-17)22-12-4-7-20-23-21(24-28-20)16-5-2-1-3-6-16/h1-3,5-6,8,10,13H,4,7,9,11-12,14H2,(H,22,25). The summed E-state index contributed by atoms with van der Waals surface area (Å²) in [7, 11) is 0. The molecule has 1 aliphatic heterocycles. The fraction of sp³-hybridized carbons (Fsp3) is 0.286. The van der Waals surface area contributed by atoms with Crippen molar-refractivity contribution in [2.24, 2.45) is 0 Å². The molecule has 0 atom stereocenters.